The van der Waals surface area contributed by atoms with E-state index >= 15 is 0 Å². The number of nitrogens with one attached hydrogen (secondary N) is 4. The number of carboxylic acids is 3. The van der Waals surface area contributed by atoms with Crippen LogP contribution in [0.15, 0.2) is 169 Å². The molecule has 0 saturated carbocycles. The first-order chi connectivity index (χ1) is 31.2. The summed E-state index contributed by atoms with van der Waals surface area (Å²) in [6.07, 6.45) is 6.23. The third kappa shape index (κ3) is 14.3. The zero-order valence-corrected chi connectivity index (χ0v) is 34.1. The molecule has 0 aliphatic carbocycles. The van der Waals surface area contributed by atoms with Crippen molar-refractivity contribution in [3.63, 3.8) is 0 Å². The molecule has 328 valence electrons. The zero-order chi connectivity index (χ0) is 46.9. The molecule has 16 heteroatoms. The molecule has 0 saturated heterocycles. The summed E-state index contributed by atoms with van der Waals surface area (Å²) in [5.41, 5.74) is 6.28. The molecule has 0 heterocycles. The molecule has 0 radical (unpaired) electrons. The van der Waals surface area contributed by atoms with Crippen molar-refractivity contribution in [3.05, 3.63) is 203 Å². The highest BCUT2D eigenvalue weighted by atomic mass is 16.4. The largest absolute Gasteiger partial charge is 0.478 e. The van der Waals surface area contributed by atoms with Gasteiger partial charge in [-0.2, -0.15) is 0 Å². The number of amides is 4. The smallest absolute Gasteiger partial charge is 0.328 e. The van der Waals surface area contributed by atoms with Gasteiger partial charge in [0.2, 0.25) is 23.6 Å². The monoisotopic (exact) mass is 876 g/mol. The van der Waals surface area contributed by atoms with Gasteiger partial charge in [-0.15, -0.1) is 0 Å². The van der Waals surface area contributed by atoms with Crippen LogP contribution >= 0.6 is 0 Å². The molecule has 8 N–H and O–H groups in total. The van der Waals surface area contributed by atoms with Gasteiger partial charge in [-0.25, -0.2) is 14.4 Å². The van der Waals surface area contributed by atoms with Gasteiger partial charge in [0.05, 0.1) is 6.61 Å². The van der Waals surface area contributed by atoms with Gasteiger partial charge in [0.25, 0.3) is 0 Å². The Morgan fingerprint density at radius 1 is 0.415 bits per heavy atom. The topological polar surface area (TPSA) is 266 Å². The van der Waals surface area contributed by atoms with Crippen LogP contribution in [-0.2, 0) is 38.4 Å². The Morgan fingerprint density at radius 2 is 0.708 bits per heavy atom. The number of aliphatic carboxylic acids is 3. The van der Waals surface area contributed by atoms with Crippen molar-refractivity contribution in [1.29, 1.82) is 0 Å². The molecule has 65 heavy (non-hydrogen) atoms. The Hall–Kier alpha value is -9.02. The van der Waals surface area contributed by atoms with Crippen molar-refractivity contribution in [2.75, 3.05) is 27.9 Å². The van der Waals surface area contributed by atoms with E-state index in [1.54, 1.807) is 84.9 Å². The van der Waals surface area contributed by atoms with Crippen molar-refractivity contribution in [3.8, 4) is 0 Å². The average Bonchev–Trinajstić information content (AvgIpc) is 3.28. The highest BCUT2D eigenvalue weighted by molar-refractivity contribution is 6.04. The summed E-state index contributed by atoms with van der Waals surface area (Å²) in [4.78, 5) is 93.4. The van der Waals surface area contributed by atoms with Crippen LogP contribution in [0.4, 0.5) is 22.7 Å². The number of carbonyl (C=O) groups excluding carboxylic acids is 5. The van der Waals surface area contributed by atoms with Gasteiger partial charge in [-0.1, -0.05) is 72.8 Å². The maximum Gasteiger partial charge on any atom is 0.328 e. The van der Waals surface area contributed by atoms with Crippen LogP contribution in [-0.4, -0.2) is 74.9 Å². The Labute approximate surface area is 371 Å². The molecule has 0 aliphatic rings. The number of aliphatic hydroxyl groups excluding tert-OH is 1. The third-order valence-electron chi connectivity index (χ3n) is 9.41. The Bertz CT molecular complexity index is 2620. The number of aliphatic hydroxyl groups is 1. The second-order valence-corrected chi connectivity index (χ2v) is 14.0. The summed E-state index contributed by atoms with van der Waals surface area (Å²) in [6, 6.07) is 35.6. The van der Waals surface area contributed by atoms with Crippen LogP contribution in [0.3, 0.4) is 0 Å². The van der Waals surface area contributed by atoms with E-state index in [1.807, 2.05) is 36.4 Å². The van der Waals surface area contributed by atoms with E-state index in [0.29, 0.717) is 29.0 Å². The summed E-state index contributed by atoms with van der Waals surface area (Å²) in [7, 11) is 0. The Balaban J connectivity index is 1.57. The number of hydrogen-bond donors (Lipinski definition) is 8. The van der Waals surface area contributed by atoms with E-state index in [1.165, 1.54) is 0 Å². The first-order valence-corrected chi connectivity index (χ1v) is 19.4. The van der Waals surface area contributed by atoms with Gasteiger partial charge in [0.1, 0.15) is 6.29 Å². The average molecular weight is 877 g/mol. The lowest BCUT2D eigenvalue weighted by Gasteiger charge is -2.24. The molecule has 0 aromatic heterocycles. The lowest BCUT2D eigenvalue weighted by atomic mass is 9.80. The maximum absolute atomic E-state index is 12.5. The first kappa shape index (κ1) is 47.0. The fraction of sp³-hybridized carbons (Fsp3) is 0.0612. The van der Waals surface area contributed by atoms with Crippen LogP contribution in [0.25, 0.3) is 0 Å². The van der Waals surface area contributed by atoms with Crippen LogP contribution in [0, 0.1) is 0 Å². The predicted molar refractivity (Wildman–Crippen MR) is 240 cm³/mol. The van der Waals surface area contributed by atoms with E-state index in [-0.39, 0.29) is 5.57 Å². The molecule has 5 rings (SSSR count). The van der Waals surface area contributed by atoms with E-state index in [9.17, 15) is 43.5 Å². The number of carboxylic acid groups (broad SMARTS) is 3. The molecule has 1 atom stereocenters. The zero-order valence-electron chi connectivity index (χ0n) is 34.1. The second kappa shape index (κ2) is 22.7. The molecule has 5 aromatic rings. The molecule has 1 unspecified atom stereocenters. The molecule has 0 bridgehead atoms. The molecule has 5 aromatic carbocycles. The van der Waals surface area contributed by atoms with E-state index in [2.05, 4.69) is 21.3 Å². The van der Waals surface area contributed by atoms with Crippen molar-refractivity contribution in [1.82, 2.24) is 0 Å². The minimum atomic E-state index is -1.28. The minimum Gasteiger partial charge on any atom is -0.478 e. The fourth-order valence-corrected chi connectivity index (χ4v) is 6.56. The second-order valence-electron chi connectivity index (χ2n) is 14.0. The first-order valence-electron chi connectivity index (χ1n) is 19.4. The quantitative estimate of drug-likeness (QED) is 0.0276. The normalized spacial score (nSPS) is 11.9. The van der Waals surface area contributed by atoms with Gasteiger partial charge in [-0.3, -0.25) is 24.0 Å². The SMILES string of the molecule is O=C/C(=C\C(=O)Nc1ccc(C(c2ccc(NC(=O)/C=C/C(=O)O)cc2)c2cccc(C(c3ccc(NC(=O)/C=C/C(=O)O)cc3)c3ccc(NC(=O)/C=C/C(=O)O)cc3)c2)cc1)CO. The lowest BCUT2D eigenvalue weighted by molar-refractivity contribution is -0.132. The summed E-state index contributed by atoms with van der Waals surface area (Å²) in [5.74, 6) is -7.28. The summed E-state index contributed by atoms with van der Waals surface area (Å²) < 4.78 is 0. The minimum absolute atomic E-state index is 0.101. The summed E-state index contributed by atoms with van der Waals surface area (Å²) >= 11 is 0. The van der Waals surface area contributed by atoms with Crippen molar-refractivity contribution >= 4 is 70.6 Å². The maximum atomic E-state index is 12.5. The number of hydrogen-bond acceptors (Lipinski definition) is 9. The molecular formula is C49H40N4O12. The van der Waals surface area contributed by atoms with Crippen molar-refractivity contribution in [2.45, 2.75) is 11.8 Å². The molecule has 0 spiro atoms. The molecule has 16 nitrogen and oxygen atoms in total. The Morgan fingerprint density at radius 3 is 0.969 bits per heavy atom. The van der Waals surface area contributed by atoms with Crippen LogP contribution in [0.5, 0.6) is 0 Å². The Kier molecular flexibility index (Phi) is 16.4. The van der Waals surface area contributed by atoms with Crippen molar-refractivity contribution in [2.24, 2.45) is 0 Å². The number of benzene rings is 5. The number of carbonyl (C=O) groups is 8. The third-order valence-corrected chi connectivity index (χ3v) is 9.41. The van der Waals surface area contributed by atoms with Crippen LogP contribution < -0.4 is 21.3 Å². The van der Waals surface area contributed by atoms with Gasteiger partial charge >= 0.3 is 17.9 Å². The van der Waals surface area contributed by atoms with Gasteiger partial charge < -0.3 is 41.7 Å². The van der Waals surface area contributed by atoms with E-state index < -0.39 is 60.0 Å². The highest BCUT2D eigenvalue weighted by Crippen LogP contribution is 2.38. The fourth-order valence-electron chi connectivity index (χ4n) is 6.56. The van der Waals surface area contributed by atoms with E-state index in [4.69, 9.17) is 15.3 Å². The standard InChI is InChI=1S/C49H40N4O12/c54-28-30(29-55)26-44(59)53-40-18-10-34(11-19-40)49(33-8-16-39(17-9-33)52-43(58)22-25-47(64)65)36-3-1-2-35(27-36)48(31-4-12-37(13-5-31)50-41(56)20-23-45(60)61)32-6-14-38(15-7-32)51-42(57)21-24-46(62)63/h1-28,48-49,55H,29H2,(H,50,56)(H,51,57)(H,52,58)(H,53,59)(H,60,61)(H,62,63)(H,64,65)/b23-20+,24-21+,25-22+,30-26+. The molecular weight excluding hydrogens is 837 g/mol. The predicted octanol–water partition coefficient (Wildman–Crippen LogP) is 5.84. The lowest BCUT2D eigenvalue weighted by Crippen LogP contribution is -2.11. The van der Waals surface area contributed by atoms with Crippen LogP contribution in [0.2, 0.25) is 0 Å². The van der Waals surface area contributed by atoms with Gasteiger partial charge in [0, 0.05) is 82.7 Å². The molecule has 4 amide bonds. The number of rotatable bonds is 19. The molecule has 0 fully saturated rings. The summed E-state index contributed by atoms with van der Waals surface area (Å²) in [5, 5.41) is 46.6. The van der Waals surface area contributed by atoms with Gasteiger partial charge in [-0.05, 0) is 81.9 Å². The summed E-state index contributed by atoms with van der Waals surface area (Å²) in [6.45, 7) is -0.603. The van der Waals surface area contributed by atoms with Crippen molar-refractivity contribution < 1.29 is 58.8 Å². The highest BCUT2D eigenvalue weighted by Gasteiger charge is 2.22. The molecule has 0 aliphatic heterocycles. The van der Waals surface area contributed by atoms with E-state index in [0.717, 1.165) is 75.9 Å². The number of anilines is 4. The van der Waals surface area contributed by atoms with Crippen LogP contribution in [0.1, 0.15) is 45.2 Å². The number of aldehydes is 1. The van der Waals surface area contributed by atoms with Gasteiger partial charge in [0.15, 0.2) is 0 Å².